The fraction of sp³-hybridized carbons (Fsp3) is 0.292. The molecule has 0 amide bonds. The Hall–Kier alpha value is -3.05. The van der Waals surface area contributed by atoms with Crippen LogP contribution in [0.1, 0.15) is 5.56 Å². The minimum Gasteiger partial charge on any atom is -0.439 e. The second-order valence-corrected chi connectivity index (χ2v) is 7.58. The molecule has 1 saturated heterocycles. The van der Waals surface area contributed by atoms with Crippen molar-refractivity contribution in [2.75, 3.05) is 50.1 Å². The van der Waals surface area contributed by atoms with E-state index in [0.29, 0.717) is 5.88 Å². The zero-order valence-corrected chi connectivity index (χ0v) is 17.4. The van der Waals surface area contributed by atoms with Crippen LogP contribution in [0.4, 0.5) is 17.1 Å². The maximum absolute atomic E-state index is 5.80. The molecule has 0 bridgehead atoms. The average Bonchev–Trinajstić information content (AvgIpc) is 2.76. The maximum atomic E-state index is 5.80. The number of anilines is 3. The van der Waals surface area contributed by atoms with Gasteiger partial charge in [0.2, 0.25) is 5.88 Å². The third kappa shape index (κ3) is 4.51. The van der Waals surface area contributed by atoms with E-state index in [1.54, 1.807) is 6.20 Å². The lowest BCUT2D eigenvalue weighted by Gasteiger charge is -2.35. The van der Waals surface area contributed by atoms with Crippen LogP contribution in [-0.2, 0) is 0 Å². The highest BCUT2D eigenvalue weighted by atomic mass is 16.5. The van der Waals surface area contributed by atoms with E-state index in [0.717, 1.165) is 37.6 Å². The molecule has 2 aromatic carbocycles. The van der Waals surface area contributed by atoms with E-state index in [9.17, 15) is 0 Å². The van der Waals surface area contributed by atoms with E-state index in [-0.39, 0.29) is 0 Å². The molecule has 2 heterocycles. The standard InChI is InChI=1S/C24H28N4O/c1-19-7-8-21(18-23(19)28-16-14-26(2)15-17-28)27(3)20-9-11-22(12-10-20)29-24-6-4-5-13-25-24/h4-13,18H,14-17H2,1-3H3. The monoisotopic (exact) mass is 388 g/mol. The van der Waals surface area contributed by atoms with E-state index in [4.69, 9.17) is 4.74 Å². The van der Waals surface area contributed by atoms with Crippen LogP contribution in [0.5, 0.6) is 11.6 Å². The molecule has 1 aliphatic rings. The van der Waals surface area contributed by atoms with Crippen molar-refractivity contribution in [1.29, 1.82) is 0 Å². The normalized spacial score (nSPS) is 14.7. The van der Waals surface area contributed by atoms with Gasteiger partial charge in [0.1, 0.15) is 5.75 Å². The molecule has 5 heteroatoms. The number of benzene rings is 2. The molecule has 29 heavy (non-hydrogen) atoms. The molecular formula is C24H28N4O. The Labute approximate surface area is 173 Å². The van der Waals surface area contributed by atoms with Crippen LogP contribution in [0.2, 0.25) is 0 Å². The summed E-state index contributed by atoms with van der Waals surface area (Å²) in [6.07, 6.45) is 1.73. The zero-order valence-electron chi connectivity index (χ0n) is 17.4. The Kier molecular flexibility index (Phi) is 5.67. The lowest BCUT2D eigenvalue weighted by Crippen LogP contribution is -2.44. The molecule has 150 valence electrons. The first kappa shape index (κ1) is 19.3. The summed E-state index contributed by atoms with van der Waals surface area (Å²) >= 11 is 0. The first-order valence-electron chi connectivity index (χ1n) is 10.1. The van der Waals surface area contributed by atoms with Gasteiger partial charge in [0, 0.05) is 62.6 Å². The van der Waals surface area contributed by atoms with Gasteiger partial charge in [0.05, 0.1) is 0 Å². The molecule has 1 fully saturated rings. The van der Waals surface area contributed by atoms with E-state index in [2.05, 4.69) is 71.0 Å². The summed E-state index contributed by atoms with van der Waals surface area (Å²) in [5.41, 5.74) is 4.96. The summed E-state index contributed by atoms with van der Waals surface area (Å²) in [7, 11) is 4.29. The lowest BCUT2D eigenvalue weighted by molar-refractivity contribution is 0.312. The minimum absolute atomic E-state index is 0.601. The largest absolute Gasteiger partial charge is 0.439 e. The Morgan fingerprint density at radius 1 is 0.897 bits per heavy atom. The minimum atomic E-state index is 0.601. The molecule has 0 aliphatic carbocycles. The quantitative estimate of drug-likeness (QED) is 0.632. The summed E-state index contributed by atoms with van der Waals surface area (Å²) in [6.45, 7) is 6.56. The van der Waals surface area contributed by atoms with Crippen LogP contribution >= 0.6 is 0 Å². The second-order valence-electron chi connectivity index (χ2n) is 7.58. The second kappa shape index (κ2) is 8.53. The summed E-state index contributed by atoms with van der Waals surface area (Å²) in [6, 6.07) is 20.5. The van der Waals surface area contributed by atoms with E-state index in [1.807, 2.05) is 30.3 Å². The van der Waals surface area contributed by atoms with Crippen molar-refractivity contribution < 1.29 is 4.74 Å². The van der Waals surface area contributed by atoms with Crippen LogP contribution < -0.4 is 14.5 Å². The van der Waals surface area contributed by atoms with Gasteiger partial charge in [0.15, 0.2) is 0 Å². The van der Waals surface area contributed by atoms with Crippen molar-refractivity contribution in [3.8, 4) is 11.6 Å². The lowest BCUT2D eigenvalue weighted by atomic mass is 10.1. The highest BCUT2D eigenvalue weighted by Crippen LogP contribution is 2.31. The predicted octanol–water partition coefficient (Wildman–Crippen LogP) is 4.70. The predicted molar refractivity (Wildman–Crippen MR) is 120 cm³/mol. The Bertz CT molecular complexity index is 935. The number of pyridine rings is 1. The Morgan fingerprint density at radius 2 is 1.62 bits per heavy atom. The van der Waals surface area contributed by atoms with Crippen molar-refractivity contribution in [3.05, 3.63) is 72.4 Å². The Balaban J connectivity index is 1.50. The number of nitrogens with zero attached hydrogens (tertiary/aromatic N) is 4. The molecule has 0 N–H and O–H groups in total. The van der Waals surface area contributed by atoms with Crippen LogP contribution in [0.15, 0.2) is 66.9 Å². The van der Waals surface area contributed by atoms with Gasteiger partial charge in [-0.1, -0.05) is 12.1 Å². The molecular weight excluding hydrogens is 360 g/mol. The molecule has 0 atom stereocenters. The van der Waals surface area contributed by atoms with Crippen LogP contribution in [0.3, 0.4) is 0 Å². The van der Waals surface area contributed by atoms with Crippen molar-refractivity contribution in [2.45, 2.75) is 6.92 Å². The van der Waals surface area contributed by atoms with Gasteiger partial charge in [-0.25, -0.2) is 4.98 Å². The summed E-state index contributed by atoms with van der Waals surface area (Å²) in [5.74, 6) is 1.38. The number of ether oxygens (including phenoxy) is 1. The van der Waals surface area contributed by atoms with Crippen LogP contribution in [-0.4, -0.2) is 50.2 Å². The Morgan fingerprint density at radius 3 is 2.31 bits per heavy atom. The molecule has 1 aliphatic heterocycles. The average molecular weight is 389 g/mol. The summed E-state index contributed by atoms with van der Waals surface area (Å²) < 4.78 is 5.80. The zero-order chi connectivity index (χ0) is 20.2. The van der Waals surface area contributed by atoms with E-state index < -0.39 is 0 Å². The van der Waals surface area contributed by atoms with Gasteiger partial charge in [0.25, 0.3) is 0 Å². The van der Waals surface area contributed by atoms with Crippen LogP contribution in [0, 0.1) is 6.92 Å². The fourth-order valence-electron chi connectivity index (χ4n) is 3.61. The first-order chi connectivity index (χ1) is 14.1. The van der Waals surface area contributed by atoms with E-state index in [1.165, 1.54) is 16.9 Å². The summed E-state index contributed by atoms with van der Waals surface area (Å²) in [4.78, 5) is 11.3. The molecule has 0 spiro atoms. The third-order valence-electron chi connectivity index (χ3n) is 5.51. The number of likely N-dealkylation sites (N-methyl/N-ethyl adjacent to an activating group) is 1. The molecule has 5 nitrogen and oxygen atoms in total. The number of aromatic nitrogens is 1. The fourth-order valence-corrected chi connectivity index (χ4v) is 3.61. The van der Waals surface area contributed by atoms with Gasteiger partial charge in [-0.15, -0.1) is 0 Å². The van der Waals surface area contributed by atoms with Gasteiger partial charge in [-0.05, 0) is 62.0 Å². The number of hydrogen-bond acceptors (Lipinski definition) is 5. The molecule has 1 aromatic heterocycles. The van der Waals surface area contributed by atoms with Gasteiger partial charge in [-0.3, -0.25) is 0 Å². The SMILES string of the molecule is Cc1ccc(N(C)c2ccc(Oc3ccccn3)cc2)cc1N1CCN(C)CC1. The topological polar surface area (TPSA) is 31.8 Å². The van der Waals surface area contributed by atoms with Gasteiger partial charge >= 0.3 is 0 Å². The number of aryl methyl sites for hydroxylation is 1. The molecule has 0 saturated carbocycles. The highest BCUT2D eigenvalue weighted by molar-refractivity contribution is 5.69. The first-order valence-corrected chi connectivity index (χ1v) is 10.1. The molecule has 0 unspecified atom stereocenters. The van der Waals surface area contributed by atoms with Crippen molar-refractivity contribution in [3.63, 3.8) is 0 Å². The highest BCUT2D eigenvalue weighted by Gasteiger charge is 2.17. The van der Waals surface area contributed by atoms with E-state index >= 15 is 0 Å². The van der Waals surface area contributed by atoms with Gasteiger partial charge < -0.3 is 19.4 Å². The molecule has 0 radical (unpaired) electrons. The van der Waals surface area contributed by atoms with Gasteiger partial charge in [-0.2, -0.15) is 0 Å². The number of piperazine rings is 1. The smallest absolute Gasteiger partial charge is 0.219 e. The van der Waals surface area contributed by atoms with Crippen LogP contribution in [0.25, 0.3) is 0 Å². The third-order valence-corrected chi connectivity index (χ3v) is 5.51. The molecule has 3 aromatic rings. The van der Waals surface area contributed by atoms with Crippen molar-refractivity contribution in [1.82, 2.24) is 9.88 Å². The summed E-state index contributed by atoms with van der Waals surface area (Å²) in [5, 5.41) is 0. The number of hydrogen-bond donors (Lipinski definition) is 0. The maximum Gasteiger partial charge on any atom is 0.219 e. The molecule has 4 rings (SSSR count). The van der Waals surface area contributed by atoms with Crippen molar-refractivity contribution in [2.24, 2.45) is 0 Å². The number of rotatable bonds is 5. The van der Waals surface area contributed by atoms with Crippen molar-refractivity contribution >= 4 is 17.1 Å².